The molecule has 0 saturated carbocycles. The lowest BCUT2D eigenvalue weighted by Crippen LogP contribution is -2.06. The molecule has 0 fully saturated rings. The molecule has 1 heterocycles. The molecule has 0 N–H and O–H groups in total. The fourth-order valence-electron chi connectivity index (χ4n) is 1.89. The third-order valence-electron chi connectivity index (χ3n) is 3.34. The summed E-state index contributed by atoms with van der Waals surface area (Å²) in [5.74, 6) is -0.629. The molecule has 9 heteroatoms. The van der Waals surface area contributed by atoms with Crippen LogP contribution >= 0.6 is 11.3 Å². The predicted octanol–water partition coefficient (Wildman–Crippen LogP) is 4.74. The Morgan fingerprint density at radius 2 is 1.96 bits per heavy atom. The molecule has 0 amide bonds. The molecule has 0 aliphatic rings. The maximum absolute atomic E-state index is 12.3. The summed E-state index contributed by atoms with van der Waals surface area (Å²) in [6, 6.07) is 5.79. The molecule has 0 unspecified atom stereocenters. The average Bonchev–Trinajstić information content (AvgIpc) is 2.96. The minimum absolute atomic E-state index is 0.0405. The second kappa shape index (κ2) is 7.93. The van der Waals surface area contributed by atoms with Crippen molar-refractivity contribution < 1.29 is 23.2 Å². The number of rotatable bonds is 6. The Balaban J connectivity index is 2.10. The second-order valence-corrected chi connectivity index (χ2v) is 6.16. The zero-order chi connectivity index (χ0) is 18.6. The molecule has 2 rings (SSSR count). The Bertz CT molecular complexity index is 827. The SMILES string of the molecule is CC(CCOC(=O)c1sc(-c2ccc([N+](=O)[O-])cc2)nc1C)=C(F)F. The van der Waals surface area contributed by atoms with E-state index in [0.29, 0.717) is 16.3 Å². The quantitative estimate of drug-likeness (QED) is 0.418. The summed E-state index contributed by atoms with van der Waals surface area (Å²) in [7, 11) is 0. The molecule has 0 spiro atoms. The van der Waals surface area contributed by atoms with Crippen LogP contribution in [-0.2, 0) is 4.74 Å². The third kappa shape index (κ3) is 4.66. The Kier molecular flexibility index (Phi) is 5.92. The molecule has 0 aliphatic heterocycles. The van der Waals surface area contributed by atoms with Crippen molar-refractivity contribution in [2.24, 2.45) is 0 Å². The molecule has 0 radical (unpaired) electrons. The number of nitro groups is 1. The lowest BCUT2D eigenvalue weighted by molar-refractivity contribution is -0.384. The van der Waals surface area contributed by atoms with Crippen LogP contribution < -0.4 is 0 Å². The first-order chi connectivity index (χ1) is 11.8. The lowest BCUT2D eigenvalue weighted by Gasteiger charge is -2.03. The Hall–Kier alpha value is -2.68. The van der Waals surface area contributed by atoms with Crippen LogP contribution in [0.3, 0.4) is 0 Å². The number of aromatic nitrogens is 1. The summed E-state index contributed by atoms with van der Waals surface area (Å²) in [5, 5.41) is 11.2. The summed E-state index contributed by atoms with van der Waals surface area (Å²) in [4.78, 5) is 26.8. The summed E-state index contributed by atoms with van der Waals surface area (Å²) in [6.07, 6.45) is -1.81. The maximum atomic E-state index is 12.3. The number of esters is 1. The Morgan fingerprint density at radius 1 is 1.32 bits per heavy atom. The number of benzene rings is 1. The number of halogens is 2. The van der Waals surface area contributed by atoms with E-state index in [0.717, 1.165) is 11.3 Å². The second-order valence-electron chi connectivity index (χ2n) is 5.16. The van der Waals surface area contributed by atoms with Gasteiger partial charge in [0.1, 0.15) is 9.88 Å². The highest BCUT2D eigenvalue weighted by Gasteiger charge is 2.18. The van der Waals surface area contributed by atoms with Gasteiger partial charge < -0.3 is 4.74 Å². The van der Waals surface area contributed by atoms with E-state index >= 15 is 0 Å². The van der Waals surface area contributed by atoms with Crippen LogP contribution in [0.1, 0.15) is 28.7 Å². The van der Waals surface area contributed by atoms with Crippen LogP contribution in [0, 0.1) is 17.0 Å². The van der Waals surface area contributed by atoms with E-state index in [9.17, 15) is 23.7 Å². The highest BCUT2D eigenvalue weighted by atomic mass is 32.1. The molecule has 0 bridgehead atoms. The predicted molar refractivity (Wildman–Crippen MR) is 88.8 cm³/mol. The van der Waals surface area contributed by atoms with Gasteiger partial charge in [-0.1, -0.05) is 0 Å². The first kappa shape index (κ1) is 18.7. The highest BCUT2D eigenvalue weighted by Crippen LogP contribution is 2.29. The van der Waals surface area contributed by atoms with E-state index in [1.54, 1.807) is 19.1 Å². The maximum Gasteiger partial charge on any atom is 0.350 e. The van der Waals surface area contributed by atoms with Gasteiger partial charge in [0.05, 0.1) is 17.2 Å². The molecule has 0 aliphatic carbocycles. The van der Waals surface area contributed by atoms with Crippen LogP contribution in [0.15, 0.2) is 35.9 Å². The van der Waals surface area contributed by atoms with Crippen LogP contribution in [-0.4, -0.2) is 22.5 Å². The van der Waals surface area contributed by atoms with E-state index in [4.69, 9.17) is 4.74 Å². The minimum Gasteiger partial charge on any atom is -0.461 e. The molecule has 1 aromatic heterocycles. The summed E-state index contributed by atoms with van der Waals surface area (Å²) in [6.45, 7) is 2.76. The minimum atomic E-state index is -1.77. The number of carbonyl (C=O) groups excluding carboxylic acids is 1. The molecule has 132 valence electrons. The first-order valence-corrected chi connectivity index (χ1v) is 8.01. The van der Waals surface area contributed by atoms with Crippen molar-refractivity contribution in [3.63, 3.8) is 0 Å². The third-order valence-corrected chi connectivity index (χ3v) is 4.53. The molecule has 1 aromatic carbocycles. The first-order valence-electron chi connectivity index (χ1n) is 7.19. The molecule has 6 nitrogen and oxygen atoms in total. The molecule has 2 aromatic rings. The monoisotopic (exact) mass is 368 g/mol. The van der Waals surface area contributed by atoms with E-state index in [1.807, 2.05) is 0 Å². The van der Waals surface area contributed by atoms with Crippen molar-refractivity contribution in [1.82, 2.24) is 4.98 Å². The average molecular weight is 368 g/mol. The number of hydrogen-bond donors (Lipinski definition) is 0. The van der Waals surface area contributed by atoms with Crippen LogP contribution in [0.4, 0.5) is 14.5 Å². The Morgan fingerprint density at radius 3 is 2.52 bits per heavy atom. The number of non-ortho nitro benzene ring substituents is 1. The van der Waals surface area contributed by atoms with E-state index in [-0.39, 0.29) is 29.2 Å². The van der Waals surface area contributed by atoms with Crippen molar-refractivity contribution >= 4 is 23.0 Å². The number of ether oxygens (including phenoxy) is 1. The van der Waals surface area contributed by atoms with Gasteiger partial charge in [-0.3, -0.25) is 10.1 Å². The van der Waals surface area contributed by atoms with E-state index in [2.05, 4.69) is 4.98 Å². The van der Waals surface area contributed by atoms with Crippen LogP contribution in [0.2, 0.25) is 0 Å². The zero-order valence-corrected chi connectivity index (χ0v) is 14.2. The fraction of sp³-hybridized carbons (Fsp3) is 0.250. The number of thiazole rings is 1. The molecular weight excluding hydrogens is 354 g/mol. The van der Waals surface area contributed by atoms with Crippen molar-refractivity contribution in [3.8, 4) is 10.6 Å². The van der Waals surface area contributed by atoms with Gasteiger partial charge in [-0.25, -0.2) is 9.78 Å². The van der Waals surface area contributed by atoms with Crippen molar-refractivity contribution in [3.05, 3.63) is 56.6 Å². The number of carbonyl (C=O) groups is 1. The van der Waals surface area contributed by atoms with Gasteiger partial charge in [-0.2, -0.15) is 8.78 Å². The van der Waals surface area contributed by atoms with Gasteiger partial charge in [-0.05, 0) is 31.6 Å². The number of aryl methyl sites for hydroxylation is 1. The number of nitro benzene ring substituents is 1. The van der Waals surface area contributed by atoms with Crippen molar-refractivity contribution in [1.29, 1.82) is 0 Å². The van der Waals surface area contributed by atoms with Gasteiger partial charge in [-0.15, -0.1) is 11.3 Å². The van der Waals surface area contributed by atoms with E-state index < -0.39 is 17.0 Å². The normalized spacial score (nSPS) is 10.4. The van der Waals surface area contributed by atoms with Crippen LogP contribution in [0.5, 0.6) is 0 Å². The fourth-order valence-corrected chi connectivity index (χ4v) is 2.86. The molecular formula is C16H14F2N2O4S. The van der Waals surface area contributed by atoms with Gasteiger partial charge in [0, 0.05) is 24.1 Å². The van der Waals surface area contributed by atoms with Gasteiger partial charge >= 0.3 is 5.97 Å². The smallest absolute Gasteiger partial charge is 0.350 e. The largest absolute Gasteiger partial charge is 0.461 e. The Labute approximate surface area is 145 Å². The highest BCUT2D eigenvalue weighted by molar-refractivity contribution is 7.17. The molecule has 25 heavy (non-hydrogen) atoms. The van der Waals surface area contributed by atoms with Gasteiger partial charge in [0.15, 0.2) is 0 Å². The van der Waals surface area contributed by atoms with Crippen LogP contribution in [0.25, 0.3) is 10.6 Å². The molecule has 0 atom stereocenters. The standard InChI is InChI=1S/C16H14F2N2O4S/c1-9(14(17)18)7-8-24-16(21)13-10(2)19-15(25-13)11-3-5-12(6-4-11)20(22)23/h3-6H,7-8H2,1-2H3. The zero-order valence-electron chi connectivity index (χ0n) is 13.4. The number of nitrogens with zero attached hydrogens (tertiary/aromatic N) is 2. The van der Waals surface area contributed by atoms with Crippen molar-refractivity contribution in [2.75, 3.05) is 6.61 Å². The lowest BCUT2D eigenvalue weighted by atomic mass is 10.2. The topological polar surface area (TPSA) is 82.3 Å². The van der Waals surface area contributed by atoms with Crippen molar-refractivity contribution in [2.45, 2.75) is 20.3 Å². The molecule has 0 saturated heterocycles. The summed E-state index contributed by atoms with van der Waals surface area (Å²) < 4.78 is 29.6. The number of hydrogen-bond acceptors (Lipinski definition) is 6. The summed E-state index contributed by atoms with van der Waals surface area (Å²) >= 11 is 1.08. The van der Waals surface area contributed by atoms with Gasteiger partial charge in [0.25, 0.3) is 11.8 Å². The van der Waals surface area contributed by atoms with E-state index in [1.165, 1.54) is 19.1 Å². The summed E-state index contributed by atoms with van der Waals surface area (Å²) in [5.41, 5.74) is 0.920. The van der Waals surface area contributed by atoms with Gasteiger partial charge in [0.2, 0.25) is 0 Å².